The maximum Gasteiger partial charge on any atom is 0.324 e. The van der Waals surface area contributed by atoms with Crippen LogP contribution in [0.25, 0.3) is 11.2 Å². The summed E-state index contributed by atoms with van der Waals surface area (Å²) in [5.41, 5.74) is 6.82. The van der Waals surface area contributed by atoms with Crippen LogP contribution in [-0.4, -0.2) is 50.3 Å². The van der Waals surface area contributed by atoms with Crippen LogP contribution in [-0.2, 0) is 25.6 Å². The van der Waals surface area contributed by atoms with E-state index < -0.39 is 6.72 Å². The molecule has 0 aromatic carbocycles. The van der Waals surface area contributed by atoms with Gasteiger partial charge in [0, 0.05) is 5.92 Å². The Balaban J connectivity index is 1.75. The first kappa shape index (κ1) is 20.4. The number of nitrogens with two attached hydrogens (primary N) is 1. The van der Waals surface area contributed by atoms with E-state index in [9.17, 15) is 4.89 Å². The molecule has 4 atom stereocenters. The molecule has 2 aromatic rings. The topological polar surface area (TPSA) is 127 Å². The van der Waals surface area contributed by atoms with Crippen LogP contribution in [0.2, 0.25) is 0 Å². The van der Waals surface area contributed by atoms with Gasteiger partial charge < -0.3 is 29.1 Å². The highest BCUT2D eigenvalue weighted by Crippen LogP contribution is 2.46. The predicted molar refractivity (Wildman–Crippen MR) is 103 cm³/mol. The van der Waals surface area contributed by atoms with Gasteiger partial charge in [0.2, 0.25) is 11.8 Å². The van der Waals surface area contributed by atoms with E-state index in [0.29, 0.717) is 17.0 Å². The number of imidazole rings is 1. The SMILES string of the molecule is COc1nc(N)nc2c1ncn2C1O[C@H](COP(O)(=S)OC(C)C)C[C@@H]1C. The van der Waals surface area contributed by atoms with Gasteiger partial charge in [-0.3, -0.25) is 4.57 Å². The van der Waals surface area contributed by atoms with Crippen molar-refractivity contribution in [2.24, 2.45) is 5.92 Å². The van der Waals surface area contributed by atoms with Crippen LogP contribution >= 0.6 is 6.72 Å². The number of hydrogen-bond donors (Lipinski definition) is 2. The zero-order valence-electron chi connectivity index (χ0n) is 15.6. The van der Waals surface area contributed by atoms with Gasteiger partial charge in [-0.25, -0.2) is 4.98 Å². The molecule has 0 aliphatic carbocycles. The summed E-state index contributed by atoms with van der Waals surface area (Å²) in [7, 11) is 1.50. The van der Waals surface area contributed by atoms with Crippen molar-refractivity contribution in [2.45, 2.75) is 45.6 Å². The van der Waals surface area contributed by atoms with Crippen molar-refractivity contribution in [3.8, 4) is 5.88 Å². The number of methoxy groups -OCH3 is 1. The molecule has 2 aromatic heterocycles. The summed E-state index contributed by atoms with van der Waals surface area (Å²) in [5, 5.41) is 0. The van der Waals surface area contributed by atoms with E-state index in [-0.39, 0.29) is 36.9 Å². The second-order valence-corrected chi connectivity index (χ2v) is 9.49. The molecule has 1 saturated heterocycles. The second kappa shape index (κ2) is 7.94. The van der Waals surface area contributed by atoms with Crippen LogP contribution in [0.5, 0.6) is 5.88 Å². The number of hydrogen-bond acceptors (Lipinski definition) is 9. The van der Waals surface area contributed by atoms with Crippen LogP contribution < -0.4 is 10.5 Å². The fourth-order valence-electron chi connectivity index (χ4n) is 3.07. The minimum atomic E-state index is -3.28. The van der Waals surface area contributed by atoms with Gasteiger partial charge in [-0.15, -0.1) is 0 Å². The van der Waals surface area contributed by atoms with E-state index in [1.165, 1.54) is 7.11 Å². The third kappa shape index (κ3) is 4.56. The van der Waals surface area contributed by atoms with Crippen molar-refractivity contribution < 1.29 is 23.4 Å². The van der Waals surface area contributed by atoms with Crippen molar-refractivity contribution in [3.05, 3.63) is 6.33 Å². The maximum atomic E-state index is 10.1. The van der Waals surface area contributed by atoms with Crippen LogP contribution in [0.1, 0.15) is 33.4 Å². The monoisotopic (exact) mass is 417 g/mol. The largest absolute Gasteiger partial charge is 0.479 e. The van der Waals surface area contributed by atoms with Crippen LogP contribution in [0.3, 0.4) is 0 Å². The van der Waals surface area contributed by atoms with Gasteiger partial charge in [0.25, 0.3) is 0 Å². The molecule has 0 bridgehead atoms. The fraction of sp³-hybridized carbons (Fsp3) is 0.667. The summed E-state index contributed by atoms with van der Waals surface area (Å²) in [6.07, 6.45) is 1.58. The molecular weight excluding hydrogens is 393 g/mol. The smallest absolute Gasteiger partial charge is 0.324 e. The Labute approximate surface area is 162 Å². The van der Waals surface area contributed by atoms with Gasteiger partial charge in [-0.2, -0.15) is 9.97 Å². The zero-order valence-corrected chi connectivity index (χ0v) is 17.3. The molecule has 1 fully saturated rings. The number of fused-ring (bicyclic) bond motifs is 1. The number of ether oxygens (including phenoxy) is 2. The molecule has 150 valence electrons. The molecule has 1 aliphatic heterocycles. The third-order valence-electron chi connectivity index (χ3n) is 4.10. The number of nitrogen functional groups attached to an aromatic ring is 1. The fourth-order valence-corrected chi connectivity index (χ4v) is 4.72. The molecule has 10 nitrogen and oxygen atoms in total. The number of rotatable bonds is 7. The molecule has 2 unspecified atom stereocenters. The average Bonchev–Trinajstić information content (AvgIpc) is 3.14. The quantitative estimate of drug-likeness (QED) is 0.646. The molecule has 0 saturated carbocycles. The zero-order chi connectivity index (χ0) is 19.8. The Morgan fingerprint density at radius 2 is 2.22 bits per heavy atom. The molecule has 0 spiro atoms. The van der Waals surface area contributed by atoms with Crippen LogP contribution in [0.4, 0.5) is 5.95 Å². The summed E-state index contributed by atoms with van der Waals surface area (Å²) in [6, 6.07) is 0. The highest BCUT2D eigenvalue weighted by atomic mass is 32.5. The van der Waals surface area contributed by atoms with Gasteiger partial charge in [-0.05, 0) is 32.1 Å². The summed E-state index contributed by atoms with van der Waals surface area (Å²) >= 11 is 5.00. The lowest BCUT2D eigenvalue weighted by molar-refractivity contribution is -0.0284. The Kier molecular flexibility index (Phi) is 5.99. The van der Waals surface area contributed by atoms with Crippen LogP contribution in [0, 0.1) is 5.92 Å². The van der Waals surface area contributed by atoms with Gasteiger partial charge >= 0.3 is 6.72 Å². The van der Waals surface area contributed by atoms with E-state index >= 15 is 0 Å². The van der Waals surface area contributed by atoms with Gasteiger partial charge in [0.1, 0.15) is 6.23 Å². The van der Waals surface area contributed by atoms with Crippen molar-refractivity contribution in [2.75, 3.05) is 19.5 Å². The lowest BCUT2D eigenvalue weighted by Crippen LogP contribution is -2.17. The van der Waals surface area contributed by atoms with Gasteiger partial charge in [0.15, 0.2) is 11.2 Å². The molecule has 3 heterocycles. The number of aromatic nitrogens is 4. The summed E-state index contributed by atoms with van der Waals surface area (Å²) in [6.45, 7) is 2.50. The third-order valence-corrected chi connectivity index (χ3v) is 5.83. The lowest BCUT2D eigenvalue weighted by Gasteiger charge is -2.21. The molecule has 0 amide bonds. The van der Waals surface area contributed by atoms with Crippen LogP contribution in [0.15, 0.2) is 6.33 Å². The minimum absolute atomic E-state index is 0.0958. The normalized spacial score (nSPS) is 25.2. The first-order valence-corrected chi connectivity index (χ1v) is 11.1. The second-order valence-electron chi connectivity index (χ2n) is 6.70. The number of nitrogens with zero attached hydrogens (tertiary/aromatic N) is 4. The lowest BCUT2D eigenvalue weighted by atomic mass is 10.1. The average molecular weight is 417 g/mol. The Morgan fingerprint density at radius 1 is 1.48 bits per heavy atom. The van der Waals surface area contributed by atoms with Crippen molar-refractivity contribution >= 4 is 35.6 Å². The van der Waals surface area contributed by atoms with Crippen molar-refractivity contribution in [3.63, 3.8) is 0 Å². The first-order chi connectivity index (χ1) is 12.7. The van der Waals surface area contributed by atoms with E-state index in [4.69, 9.17) is 36.1 Å². The standard InChI is InChI=1S/C15H24N5O5PS/c1-8(2)25-26(21,27)23-6-10-5-9(3)14(24-10)20-7-17-11-12(20)18-15(16)19-13(11)22-4/h7-10,14H,5-6H2,1-4H3,(H,21,27)(H2,16,18,19)/t9-,10-,14?,26?/m0/s1. The summed E-state index contributed by atoms with van der Waals surface area (Å²) < 4.78 is 23.8. The molecular formula is C15H24N5O5PS. The van der Waals surface area contributed by atoms with E-state index in [0.717, 1.165) is 6.42 Å². The highest BCUT2D eigenvalue weighted by molar-refractivity contribution is 8.07. The minimum Gasteiger partial charge on any atom is -0.479 e. The molecule has 1 aliphatic rings. The van der Waals surface area contributed by atoms with E-state index in [1.807, 2.05) is 0 Å². The first-order valence-electron chi connectivity index (χ1n) is 8.55. The Bertz CT molecular complexity index is 862. The number of anilines is 1. The predicted octanol–water partition coefficient (Wildman–Crippen LogP) is 2.00. The molecule has 0 radical (unpaired) electrons. The maximum absolute atomic E-state index is 10.1. The van der Waals surface area contributed by atoms with E-state index in [1.54, 1.807) is 24.7 Å². The molecule has 3 rings (SSSR count). The van der Waals surface area contributed by atoms with Crippen molar-refractivity contribution in [1.29, 1.82) is 0 Å². The summed E-state index contributed by atoms with van der Waals surface area (Å²) in [5.74, 6) is 0.563. The van der Waals surface area contributed by atoms with Crippen molar-refractivity contribution in [1.82, 2.24) is 19.5 Å². The Hall–Kier alpha value is -1.36. The Morgan fingerprint density at radius 3 is 2.89 bits per heavy atom. The van der Waals surface area contributed by atoms with E-state index in [2.05, 4.69) is 21.9 Å². The summed E-state index contributed by atoms with van der Waals surface area (Å²) in [4.78, 5) is 22.7. The van der Waals surface area contributed by atoms with Gasteiger partial charge in [-0.1, -0.05) is 6.92 Å². The molecule has 3 N–H and O–H groups in total. The highest BCUT2D eigenvalue weighted by Gasteiger charge is 2.36. The molecule has 12 heteroatoms. The van der Waals surface area contributed by atoms with Gasteiger partial charge in [0.05, 0.1) is 32.3 Å². The molecule has 27 heavy (non-hydrogen) atoms.